The number of amides is 1. The van der Waals surface area contributed by atoms with Crippen LogP contribution in [0.5, 0.6) is 0 Å². The van der Waals surface area contributed by atoms with Gasteiger partial charge in [-0.1, -0.05) is 11.6 Å². The fraction of sp³-hybridized carbons (Fsp3) is 0.500. The number of hydrogen-bond acceptors (Lipinski definition) is 2. The number of carbonyl (C=O) groups is 1. The smallest absolute Gasteiger partial charge is 0.228 e. The minimum atomic E-state index is -0.396. The van der Waals surface area contributed by atoms with Crippen molar-refractivity contribution >= 4 is 23.2 Å². The van der Waals surface area contributed by atoms with Crippen LogP contribution in [0.4, 0.5) is 10.1 Å². The molecule has 3 nitrogen and oxygen atoms in total. The van der Waals surface area contributed by atoms with Gasteiger partial charge in [-0.3, -0.25) is 4.79 Å². The van der Waals surface area contributed by atoms with Gasteiger partial charge in [0, 0.05) is 5.92 Å². The van der Waals surface area contributed by atoms with Crippen LogP contribution in [-0.4, -0.2) is 19.0 Å². The van der Waals surface area contributed by atoms with Crippen LogP contribution in [0, 0.1) is 17.2 Å². The van der Waals surface area contributed by atoms with Gasteiger partial charge in [-0.05, 0) is 56.0 Å². The Morgan fingerprint density at radius 2 is 2.16 bits per heavy atom. The Bertz CT molecular complexity index is 514. The Kier molecular flexibility index (Phi) is 3.23. The van der Waals surface area contributed by atoms with E-state index in [1.165, 1.54) is 18.2 Å². The maximum Gasteiger partial charge on any atom is 0.228 e. The van der Waals surface area contributed by atoms with Crippen molar-refractivity contribution < 1.29 is 9.18 Å². The number of nitrogens with one attached hydrogen (secondary N) is 2. The highest BCUT2D eigenvalue weighted by molar-refractivity contribution is 6.33. The summed E-state index contributed by atoms with van der Waals surface area (Å²) in [5, 5.41) is 6.43. The van der Waals surface area contributed by atoms with Crippen molar-refractivity contribution in [3.05, 3.63) is 29.0 Å². The first-order chi connectivity index (χ1) is 9.11. The van der Waals surface area contributed by atoms with Crippen LogP contribution in [0.1, 0.15) is 19.3 Å². The molecule has 1 aliphatic heterocycles. The molecule has 1 heterocycles. The molecule has 0 aromatic heterocycles. The zero-order chi connectivity index (χ0) is 13.5. The van der Waals surface area contributed by atoms with E-state index in [0.29, 0.717) is 10.7 Å². The summed E-state index contributed by atoms with van der Waals surface area (Å²) in [6.07, 6.45) is 3.03. The first-order valence-electron chi connectivity index (χ1n) is 6.57. The summed E-state index contributed by atoms with van der Waals surface area (Å²) in [4.78, 5) is 12.2. The van der Waals surface area contributed by atoms with Crippen molar-refractivity contribution in [1.82, 2.24) is 5.32 Å². The molecule has 1 aromatic rings. The molecule has 19 heavy (non-hydrogen) atoms. The van der Waals surface area contributed by atoms with Gasteiger partial charge in [0.25, 0.3) is 0 Å². The fourth-order valence-electron chi connectivity index (χ4n) is 3.01. The van der Waals surface area contributed by atoms with Gasteiger partial charge in [0.05, 0.1) is 10.7 Å². The third-order valence-electron chi connectivity index (χ3n) is 4.29. The van der Waals surface area contributed by atoms with Gasteiger partial charge in [-0.2, -0.15) is 0 Å². The van der Waals surface area contributed by atoms with Crippen molar-refractivity contribution in [1.29, 1.82) is 0 Å². The Morgan fingerprint density at radius 1 is 1.42 bits per heavy atom. The number of halogens is 2. The molecule has 2 aliphatic rings. The summed E-state index contributed by atoms with van der Waals surface area (Å²) in [6.45, 7) is 1.95. The lowest BCUT2D eigenvalue weighted by atomic mass is 9.92. The molecule has 1 spiro atoms. The van der Waals surface area contributed by atoms with E-state index in [9.17, 15) is 9.18 Å². The summed E-state index contributed by atoms with van der Waals surface area (Å²) in [6, 6.07) is 4.00. The van der Waals surface area contributed by atoms with Crippen LogP contribution in [0.25, 0.3) is 0 Å². The molecule has 1 amide bonds. The highest BCUT2D eigenvalue weighted by Gasteiger charge is 2.57. The number of anilines is 1. The van der Waals surface area contributed by atoms with Crippen LogP contribution in [0.2, 0.25) is 5.02 Å². The van der Waals surface area contributed by atoms with Crippen LogP contribution in [-0.2, 0) is 4.79 Å². The van der Waals surface area contributed by atoms with Gasteiger partial charge in [-0.25, -0.2) is 4.39 Å². The lowest BCUT2D eigenvalue weighted by molar-refractivity contribution is -0.118. The Morgan fingerprint density at radius 3 is 2.89 bits per heavy atom. The minimum absolute atomic E-state index is 0.0330. The number of benzene rings is 1. The monoisotopic (exact) mass is 282 g/mol. The van der Waals surface area contributed by atoms with E-state index in [1.54, 1.807) is 0 Å². The molecule has 1 aromatic carbocycles. The Labute approximate surface area is 116 Å². The molecule has 1 saturated heterocycles. The van der Waals surface area contributed by atoms with Crippen LogP contribution < -0.4 is 10.6 Å². The van der Waals surface area contributed by atoms with Crippen LogP contribution in [0.15, 0.2) is 18.2 Å². The molecule has 102 valence electrons. The molecule has 2 N–H and O–H groups in total. The van der Waals surface area contributed by atoms with E-state index in [4.69, 9.17) is 11.6 Å². The first kappa shape index (κ1) is 12.9. The Balaban J connectivity index is 1.68. The van der Waals surface area contributed by atoms with Crippen LogP contribution in [0.3, 0.4) is 0 Å². The second-order valence-corrected chi connectivity index (χ2v) is 5.89. The molecule has 1 aliphatic carbocycles. The number of piperidine rings is 1. The molecular weight excluding hydrogens is 267 g/mol. The highest BCUT2D eigenvalue weighted by atomic mass is 35.5. The molecular formula is C14H16ClFN2O. The fourth-order valence-corrected chi connectivity index (χ4v) is 3.17. The van der Waals surface area contributed by atoms with Gasteiger partial charge in [-0.15, -0.1) is 0 Å². The van der Waals surface area contributed by atoms with E-state index in [0.717, 1.165) is 32.4 Å². The molecule has 5 heteroatoms. The van der Waals surface area contributed by atoms with Crippen molar-refractivity contribution in [2.75, 3.05) is 18.4 Å². The second kappa shape index (κ2) is 4.76. The van der Waals surface area contributed by atoms with E-state index in [2.05, 4.69) is 10.6 Å². The van der Waals surface area contributed by atoms with E-state index in [1.807, 2.05) is 0 Å². The molecule has 0 bridgehead atoms. The molecule has 3 rings (SSSR count). The third kappa shape index (κ3) is 2.47. The summed E-state index contributed by atoms with van der Waals surface area (Å²) in [5.74, 6) is -0.379. The summed E-state index contributed by atoms with van der Waals surface area (Å²) >= 11 is 5.95. The van der Waals surface area contributed by atoms with Crippen molar-refractivity contribution in [3.8, 4) is 0 Å². The summed E-state index contributed by atoms with van der Waals surface area (Å²) < 4.78 is 13.1. The van der Waals surface area contributed by atoms with Gasteiger partial charge >= 0.3 is 0 Å². The summed E-state index contributed by atoms with van der Waals surface area (Å²) in [7, 11) is 0. The first-order valence-corrected chi connectivity index (χ1v) is 6.95. The topological polar surface area (TPSA) is 41.1 Å². The average Bonchev–Trinajstić information content (AvgIpc) is 3.08. The normalized spacial score (nSPS) is 24.2. The van der Waals surface area contributed by atoms with Gasteiger partial charge in [0.1, 0.15) is 5.82 Å². The lowest BCUT2D eigenvalue weighted by Crippen LogP contribution is -2.31. The van der Waals surface area contributed by atoms with E-state index < -0.39 is 5.82 Å². The average molecular weight is 283 g/mol. The zero-order valence-electron chi connectivity index (χ0n) is 10.5. The number of hydrogen-bond donors (Lipinski definition) is 2. The van der Waals surface area contributed by atoms with Gasteiger partial charge in [0.2, 0.25) is 5.91 Å². The molecule has 1 saturated carbocycles. The number of rotatable bonds is 2. The highest BCUT2D eigenvalue weighted by Crippen LogP contribution is 2.58. The minimum Gasteiger partial charge on any atom is -0.324 e. The summed E-state index contributed by atoms with van der Waals surface area (Å²) in [5.41, 5.74) is 0.539. The van der Waals surface area contributed by atoms with Crippen LogP contribution >= 0.6 is 11.6 Å². The van der Waals surface area contributed by atoms with Gasteiger partial charge in [0.15, 0.2) is 0 Å². The molecule has 1 unspecified atom stereocenters. The molecule has 2 fully saturated rings. The van der Waals surface area contributed by atoms with Crippen molar-refractivity contribution in [2.24, 2.45) is 11.3 Å². The lowest BCUT2D eigenvalue weighted by Gasteiger charge is -2.23. The van der Waals surface area contributed by atoms with Gasteiger partial charge < -0.3 is 10.6 Å². The Hall–Kier alpha value is -1.13. The predicted octanol–water partition coefficient (Wildman–Crippen LogP) is 2.81. The van der Waals surface area contributed by atoms with Crippen molar-refractivity contribution in [3.63, 3.8) is 0 Å². The van der Waals surface area contributed by atoms with E-state index >= 15 is 0 Å². The SMILES string of the molecule is O=C(Nc1cc(F)ccc1Cl)C1CC12CCNCC2. The second-order valence-electron chi connectivity index (χ2n) is 5.48. The largest absolute Gasteiger partial charge is 0.324 e. The van der Waals surface area contributed by atoms with E-state index in [-0.39, 0.29) is 17.2 Å². The quantitative estimate of drug-likeness (QED) is 0.876. The van der Waals surface area contributed by atoms with Crippen molar-refractivity contribution in [2.45, 2.75) is 19.3 Å². The molecule has 0 radical (unpaired) electrons. The zero-order valence-corrected chi connectivity index (χ0v) is 11.3. The standard InChI is InChI=1S/C14H16ClFN2O/c15-11-2-1-9(16)7-12(11)18-13(19)10-8-14(10)3-5-17-6-4-14/h1-2,7,10,17H,3-6,8H2,(H,18,19). The maximum atomic E-state index is 13.1. The number of carbonyl (C=O) groups excluding carboxylic acids is 1. The maximum absolute atomic E-state index is 13.1. The third-order valence-corrected chi connectivity index (χ3v) is 4.62. The molecule has 1 atom stereocenters. The predicted molar refractivity (Wildman–Crippen MR) is 72.7 cm³/mol.